The van der Waals surface area contributed by atoms with Crippen molar-refractivity contribution in [3.8, 4) is 0 Å². The van der Waals surface area contributed by atoms with E-state index in [2.05, 4.69) is 26.6 Å². The maximum atomic E-state index is 11.7. The maximum Gasteiger partial charge on any atom is 0.237 e. The average Bonchev–Trinajstić information content (AvgIpc) is 2.81. The predicted molar refractivity (Wildman–Crippen MR) is 74.3 cm³/mol. The monoisotopic (exact) mass is 318 g/mol. The highest BCUT2D eigenvalue weighted by Crippen LogP contribution is 2.10. The molecule has 17 heavy (non-hydrogen) atoms. The van der Waals surface area contributed by atoms with Gasteiger partial charge in [0, 0.05) is 11.0 Å². The van der Waals surface area contributed by atoms with Gasteiger partial charge in [-0.05, 0) is 37.1 Å². The van der Waals surface area contributed by atoms with Gasteiger partial charge in [0.1, 0.15) is 0 Å². The third kappa shape index (κ3) is 4.30. The summed E-state index contributed by atoms with van der Waals surface area (Å²) in [5.41, 5.74) is 1.12. The lowest BCUT2D eigenvalue weighted by atomic mass is 10.2. The first-order valence-corrected chi connectivity index (χ1v) is 6.30. The zero-order valence-electron chi connectivity index (χ0n) is 9.41. The zero-order valence-corrected chi connectivity index (χ0v) is 11.8. The summed E-state index contributed by atoms with van der Waals surface area (Å²) in [6.45, 7) is 1.56. The smallest absolute Gasteiger partial charge is 0.237 e. The summed E-state index contributed by atoms with van der Waals surface area (Å²) in [6, 6.07) is 7.99. The Hall–Kier alpha value is -0.580. The number of hydrogen-bond donors (Lipinski definition) is 2. The molecule has 1 heterocycles. The minimum atomic E-state index is 0. The van der Waals surface area contributed by atoms with E-state index in [1.165, 1.54) is 0 Å². The van der Waals surface area contributed by atoms with Crippen molar-refractivity contribution in [3.05, 3.63) is 34.3 Å². The van der Waals surface area contributed by atoms with Crippen LogP contribution in [0, 0.1) is 0 Å². The Morgan fingerprint density at radius 2 is 2.12 bits per heavy atom. The first kappa shape index (κ1) is 14.5. The third-order valence-corrected chi connectivity index (χ3v) is 3.29. The second-order valence-electron chi connectivity index (χ2n) is 3.99. The molecular weight excluding hydrogens is 304 g/mol. The topological polar surface area (TPSA) is 41.1 Å². The van der Waals surface area contributed by atoms with Crippen molar-refractivity contribution in [2.75, 3.05) is 6.54 Å². The van der Waals surface area contributed by atoms with Gasteiger partial charge in [0.2, 0.25) is 5.91 Å². The molecule has 1 aromatic rings. The van der Waals surface area contributed by atoms with E-state index in [-0.39, 0.29) is 24.4 Å². The summed E-state index contributed by atoms with van der Waals surface area (Å²) in [5, 5.41) is 6.13. The molecule has 2 rings (SSSR count). The Kier molecular flexibility index (Phi) is 5.95. The number of carbonyl (C=O) groups is 1. The molecule has 1 aliphatic rings. The van der Waals surface area contributed by atoms with Crippen LogP contribution in [0.3, 0.4) is 0 Å². The lowest BCUT2D eigenvalue weighted by Gasteiger charge is -2.10. The largest absolute Gasteiger partial charge is 0.351 e. The van der Waals surface area contributed by atoms with Gasteiger partial charge in [-0.1, -0.05) is 28.1 Å². The standard InChI is InChI=1S/C12H15BrN2O.ClH/c13-10-5-3-9(4-6-10)8-15-12(16)11-2-1-7-14-11;/h3-6,11,14H,1-2,7-8H2,(H,15,16);1H/t11-;/m1./s1. The van der Waals surface area contributed by atoms with Crippen LogP contribution in [-0.2, 0) is 11.3 Å². The highest BCUT2D eigenvalue weighted by molar-refractivity contribution is 9.10. The summed E-state index contributed by atoms with van der Waals surface area (Å²) < 4.78 is 1.06. The minimum Gasteiger partial charge on any atom is -0.351 e. The van der Waals surface area contributed by atoms with E-state index in [4.69, 9.17) is 0 Å². The van der Waals surface area contributed by atoms with E-state index in [0.29, 0.717) is 6.54 Å². The molecule has 94 valence electrons. The fraction of sp³-hybridized carbons (Fsp3) is 0.417. The van der Waals surface area contributed by atoms with E-state index >= 15 is 0 Å². The highest BCUT2D eigenvalue weighted by atomic mass is 79.9. The number of nitrogens with one attached hydrogen (secondary N) is 2. The highest BCUT2D eigenvalue weighted by Gasteiger charge is 2.21. The Balaban J connectivity index is 0.00000144. The molecule has 1 aliphatic heterocycles. The molecule has 2 N–H and O–H groups in total. The molecule has 1 fully saturated rings. The molecule has 0 aliphatic carbocycles. The molecule has 0 unspecified atom stereocenters. The normalized spacial score (nSPS) is 18.5. The second kappa shape index (κ2) is 6.99. The third-order valence-electron chi connectivity index (χ3n) is 2.76. The fourth-order valence-corrected chi connectivity index (χ4v) is 2.09. The lowest BCUT2D eigenvalue weighted by molar-refractivity contribution is -0.122. The first-order valence-electron chi connectivity index (χ1n) is 5.51. The quantitative estimate of drug-likeness (QED) is 0.897. The molecule has 0 spiro atoms. The molecule has 1 atom stereocenters. The molecule has 0 saturated carbocycles. The molecule has 0 aromatic heterocycles. The van der Waals surface area contributed by atoms with Crippen molar-refractivity contribution < 1.29 is 4.79 Å². The number of halogens is 2. The Bertz CT molecular complexity index is 363. The summed E-state index contributed by atoms with van der Waals surface area (Å²) >= 11 is 3.38. The van der Waals surface area contributed by atoms with E-state index in [0.717, 1.165) is 29.4 Å². The van der Waals surface area contributed by atoms with E-state index in [1.807, 2.05) is 24.3 Å². The number of rotatable bonds is 3. The van der Waals surface area contributed by atoms with Crippen LogP contribution in [0.2, 0.25) is 0 Å². The number of hydrogen-bond acceptors (Lipinski definition) is 2. The van der Waals surface area contributed by atoms with E-state index in [1.54, 1.807) is 0 Å². The SMILES string of the molecule is Cl.O=C(NCc1ccc(Br)cc1)[C@H]1CCCN1. The van der Waals surface area contributed by atoms with Crippen molar-refractivity contribution in [1.29, 1.82) is 0 Å². The van der Waals surface area contributed by atoms with Crippen molar-refractivity contribution in [1.82, 2.24) is 10.6 Å². The fourth-order valence-electron chi connectivity index (χ4n) is 1.82. The van der Waals surface area contributed by atoms with Crippen LogP contribution in [0.5, 0.6) is 0 Å². The number of benzene rings is 1. The van der Waals surface area contributed by atoms with Crippen LogP contribution in [0.1, 0.15) is 18.4 Å². The molecule has 0 radical (unpaired) electrons. The lowest BCUT2D eigenvalue weighted by Crippen LogP contribution is -2.39. The Morgan fingerprint density at radius 1 is 1.41 bits per heavy atom. The average molecular weight is 320 g/mol. The zero-order chi connectivity index (χ0) is 11.4. The predicted octanol–water partition coefficient (Wildman–Crippen LogP) is 2.24. The molecule has 1 amide bonds. The van der Waals surface area contributed by atoms with E-state index < -0.39 is 0 Å². The van der Waals surface area contributed by atoms with Gasteiger partial charge in [0.25, 0.3) is 0 Å². The van der Waals surface area contributed by atoms with Gasteiger partial charge in [0.05, 0.1) is 6.04 Å². The molecule has 3 nitrogen and oxygen atoms in total. The van der Waals surface area contributed by atoms with Crippen LogP contribution in [0.4, 0.5) is 0 Å². The minimum absolute atomic E-state index is 0. The number of amides is 1. The summed E-state index contributed by atoms with van der Waals surface area (Å²) in [5.74, 6) is 0.111. The van der Waals surface area contributed by atoms with E-state index in [9.17, 15) is 4.79 Å². The van der Waals surface area contributed by atoms with Gasteiger partial charge >= 0.3 is 0 Å². The van der Waals surface area contributed by atoms with Crippen molar-refractivity contribution in [3.63, 3.8) is 0 Å². The van der Waals surface area contributed by atoms with Crippen LogP contribution >= 0.6 is 28.3 Å². The molecule has 0 bridgehead atoms. The Morgan fingerprint density at radius 3 is 2.71 bits per heavy atom. The summed E-state index contributed by atoms with van der Waals surface area (Å²) in [4.78, 5) is 11.7. The van der Waals surface area contributed by atoms with Gasteiger partial charge in [-0.2, -0.15) is 0 Å². The van der Waals surface area contributed by atoms with Gasteiger partial charge in [-0.25, -0.2) is 0 Å². The molecular formula is C12H16BrClN2O. The summed E-state index contributed by atoms with van der Waals surface area (Å²) in [6.07, 6.45) is 2.04. The number of carbonyl (C=O) groups excluding carboxylic acids is 1. The van der Waals surface area contributed by atoms with Crippen molar-refractivity contribution in [2.45, 2.75) is 25.4 Å². The Labute approximate surface area is 116 Å². The van der Waals surface area contributed by atoms with Crippen LogP contribution < -0.4 is 10.6 Å². The maximum absolute atomic E-state index is 11.7. The van der Waals surface area contributed by atoms with Gasteiger partial charge < -0.3 is 10.6 Å². The van der Waals surface area contributed by atoms with Gasteiger partial charge in [-0.15, -0.1) is 12.4 Å². The first-order chi connectivity index (χ1) is 7.75. The van der Waals surface area contributed by atoms with Gasteiger partial charge in [0.15, 0.2) is 0 Å². The molecule has 1 aromatic carbocycles. The molecule has 1 saturated heterocycles. The van der Waals surface area contributed by atoms with Crippen LogP contribution in [0.25, 0.3) is 0 Å². The van der Waals surface area contributed by atoms with Crippen molar-refractivity contribution >= 4 is 34.2 Å². The molecule has 5 heteroatoms. The van der Waals surface area contributed by atoms with Crippen LogP contribution in [-0.4, -0.2) is 18.5 Å². The van der Waals surface area contributed by atoms with Crippen LogP contribution in [0.15, 0.2) is 28.7 Å². The summed E-state index contributed by atoms with van der Waals surface area (Å²) in [7, 11) is 0. The van der Waals surface area contributed by atoms with Crippen molar-refractivity contribution in [2.24, 2.45) is 0 Å². The van der Waals surface area contributed by atoms with Gasteiger partial charge in [-0.3, -0.25) is 4.79 Å². The second-order valence-corrected chi connectivity index (χ2v) is 4.91.